The topological polar surface area (TPSA) is 91.0 Å². The number of rotatable bonds is 4. The molecule has 1 heterocycles. The first-order valence-corrected chi connectivity index (χ1v) is 9.82. The smallest absolute Gasteiger partial charge is 0.378 e. The lowest BCUT2D eigenvalue weighted by Crippen LogP contribution is -2.48. The molecule has 3 rings (SSSR count). The van der Waals surface area contributed by atoms with Crippen molar-refractivity contribution in [1.29, 1.82) is 0 Å². The highest BCUT2D eigenvalue weighted by Crippen LogP contribution is 2.23. The Hall–Kier alpha value is -3.67. The molecule has 176 valence electrons. The lowest BCUT2D eigenvalue weighted by atomic mass is 10.1. The third-order valence-corrected chi connectivity index (χ3v) is 4.76. The predicted octanol–water partition coefficient (Wildman–Crippen LogP) is 2.61. The molecule has 8 nitrogen and oxygen atoms in total. The van der Waals surface area contributed by atoms with Gasteiger partial charge >= 0.3 is 18.1 Å². The third-order valence-electron chi connectivity index (χ3n) is 4.76. The highest BCUT2D eigenvalue weighted by molar-refractivity contribution is 5.96. The van der Waals surface area contributed by atoms with Crippen LogP contribution in [0.15, 0.2) is 48.5 Å². The zero-order valence-corrected chi connectivity index (χ0v) is 17.2. The quantitative estimate of drug-likeness (QED) is 0.533. The molecule has 1 saturated heterocycles. The molecule has 1 aliphatic rings. The van der Waals surface area contributed by atoms with Gasteiger partial charge in [-0.15, -0.1) is 0 Å². The summed E-state index contributed by atoms with van der Waals surface area (Å²) in [6.45, 7) is 1.42. The third kappa shape index (κ3) is 6.19. The van der Waals surface area contributed by atoms with Crippen LogP contribution in [0.3, 0.4) is 0 Å². The lowest BCUT2D eigenvalue weighted by molar-refractivity contribution is -0.174. The maximum atomic E-state index is 14.5. The number of ether oxygens (including phenoxy) is 1. The van der Waals surface area contributed by atoms with Crippen molar-refractivity contribution in [3.63, 3.8) is 0 Å². The first-order valence-electron chi connectivity index (χ1n) is 9.82. The Morgan fingerprint density at radius 2 is 1.61 bits per heavy atom. The molecule has 2 N–H and O–H groups in total. The number of carbonyl (C=O) groups is 3. The van der Waals surface area contributed by atoms with Gasteiger partial charge in [0.25, 0.3) is 5.91 Å². The summed E-state index contributed by atoms with van der Waals surface area (Å²) in [6, 6.07) is 11.0. The van der Waals surface area contributed by atoms with E-state index in [0.29, 0.717) is 31.9 Å². The van der Waals surface area contributed by atoms with Gasteiger partial charge in [0.1, 0.15) is 5.82 Å². The van der Waals surface area contributed by atoms with E-state index >= 15 is 0 Å². The summed E-state index contributed by atoms with van der Waals surface area (Å²) in [5, 5.41) is 0. The Morgan fingerprint density at radius 3 is 2.21 bits per heavy atom. The van der Waals surface area contributed by atoms with Crippen LogP contribution in [-0.4, -0.2) is 55.2 Å². The summed E-state index contributed by atoms with van der Waals surface area (Å²) in [5.41, 5.74) is 3.52. The first-order chi connectivity index (χ1) is 15.7. The lowest BCUT2D eigenvalue weighted by Gasteiger charge is -2.33. The van der Waals surface area contributed by atoms with Gasteiger partial charge in [-0.25, -0.2) is 9.18 Å². The number of hydrazine groups is 1. The molecule has 1 aliphatic heterocycles. The van der Waals surface area contributed by atoms with E-state index in [1.807, 2.05) is 0 Å². The van der Waals surface area contributed by atoms with Crippen molar-refractivity contribution in [3.05, 3.63) is 65.5 Å². The van der Waals surface area contributed by atoms with Gasteiger partial charge in [0.15, 0.2) is 0 Å². The molecule has 0 atom stereocenters. The minimum absolute atomic E-state index is 0.0240. The summed E-state index contributed by atoms with van der Waals surface area (Å²) >= 11 is 0. The van der Waals surface area contributed by atoms with Crippen LogP contribution in [0.5, 0.6) is 0 Å². The van der Waals surface area contributed by atoms with Gasteiger partial charge in [0.2, 0.25) is 0 Å². The van der Waals surface area contributed by atoms with Gasteiger partial charge in [-0.05, 0) is 29.8 Å². The number of carbonyl (C=O) groups excluding carboxylic acids is 3. The fourth-order valence-electron chi connectivity index (χ4n) is 3.05. The van der Waals surface area contributed by atoms with Crippen molar-refractivity contribution >= 4 is 23.5 Å². The monoisotopic (exact) mass is 468 g/mol. The number of para-hydroxylation sites is 1. The number of anilines is 1. The molecule has 0 aliphatic carbocycles. The van der Waals surface area contributed by atoms with Crippen LogP contribution >= 0.6 is 0 Å². The van der Waals surface area contributed by atoms with Crippen molar-refractivity contribution < 1.29 is 36.7 Å². The standard InChI is InChI=1S/C21H20F4N4O4/c22-16-3-1-2-4-17(16)29(20(32)28-9-11-33-12-10-28)13-14-5-7-15(8-6-14)18(30)26-27-19(31)21(23,24)25/h1-8H,9-13H2,(H,26,30)(H,27,31). The zero-order valence-electron chi connectivity index (χ0n) is 17.2. The molecule has 33 heavy (non-hydrogen) atoms. The minimum Gasteiger partial charge on any atom is -0.378 e. The van der Waals surface area contributed by atoms with Crippen molar-refractivity contribution in [1.82, 2.24) is 15.8 Å². The van der Waals surface area contributed by atoms with E-state index in [4.69, 9.17) is 4.74 Å². The molecule has 0 radical (unpaired) electrons. The predicted molar refractivity (Wildman–Crippen MR) is 108 cm³/mol. The zero-order chi connectivity index (χ0) is 24.0. The Morgan fingerprint density at radius 1 is 0.970 bits per heavy atom. The van der Waals surface area contributed by atoms with Gasteiger partial charge < -0.3 is 9.64 Å². The highest BCUT2D eigenvalue weighted by Gasteiger charge is 2.39. The second kappa shape index (κ2) is 10.3. The Kier molecular flexibility index (Phi) is 7.48. The number of nitrogens with zero attached hydrogens (tertiary/aromatic N) is 2. The van der Waals surface area contributed by atoms with Gasteiger partial charge in [0.05, 0.1) is 25.4 Å². The van der Waals surface area contributed by atoms with E-state index in [9.17, 15) is 31.9 Å². The van der Waals surface area contributed by atoms with Crippen LogP contribution in [0, 0.1) is 5.82 Å². The van der Waals surface area contributed by atoms with Crippen LogP contribution in [0.25, 0.3) is 0 Å². The molecule has 2 aromatic rings. The minimum atomic E-state index is -5.14. The summed E-state index contributed by atoms with van der Waals surface area (Å²) in [4.78, 5) is 38.7. The number of amides is 4. The molecule has 0 spiro atoms. The number of alkyl halides is 3. The van der Waals surface area contributed by atoms with Gasteiger partial charge in [-0.3, -0.25) is 25.3 Å². The molecule has 2 aromatic carbocycles. The van der Waals surface area contributed by atoms with Crippen LogP contribution < -0.4 is 15.8 Å². The molecule has 1 fully saturated rings. The Labute approximate surface area is 186 Å². The molecule has 0 unspecified atom stereocenters. The number of nitrogens with one attached hydrogen (secondary N) is 2. The first kappa shape index (κ1) is 24.0. The average molecular weight is 468 g/mol. The Bertz CT molecular complexity index is 1010. The molecule has 12 heteroatoms. The van der Waals surface area contributed by atoms with E-state index in [1.54, 1.807) is 16.4 Å². The van der Waals surface area contributed by atoms with Crippen LogP contribution in [0.1, 0.15) is 15.9 Å². The van der Waals surface area contributed by atoms with Gasteiger partial charge in [0, 0.05) is 18.7 Å². The SMILES string of the molecule is O=C(NNC(=O)C(F)(F)F)c1ccc(CN(C(=O)N2CCOCC2)c2ccccc2F)cc1. The number of benzene rings is 2. The largest absolute Gasteiger partial charge is 0.472 e. The van der Waals surface area contributed by atoms with Crippen molar-refractivity contribution in [3.8, 4) is 0 Å². The number of hydrogen-bond acceptors (Lipinski definition) is 4. The van der Waals surface area contributed by atoms with E-state index in [2.05, 4.69) is 0 Å². The number of halogens is 4. The van der Waals surface area contributed by atoms with Crippen LogP contribution in [-0.2, 0) is 16.1 Å². The van der Waals surface area contributed by atoms with E-state index in [-0.39, 0.29) is 17.8 Å². The fraction of sp³-hybridized carbons (Fsp3) is 0.286. The summed E-state index contributed by atoms with van der Waals surface area (Å²) in [6.07, 6.45) is -5.14. The molecular weight excluding hydrogens is 448 g/mol. The van der Waals surface area contributed by atoms with E-state index in [1.165, 1.54) is 52.8 Å². The van der Waals surface area contributed by atoms with E-state index in [0.717, 1.165) is 0 Å². The second-order valence-electron chi connectivity index (χ2n) is 7.02. The number of hydrogen-bond donors (Lipinski definition) is 2. The molecule has 4 amide bonds. The molecule has 0 aromatic heterocycles. The van der Waals surface area contributed by atoms with Crippen LogP contribution in [0.2, 0.25) is 0 Å². The van der Waals surface area contributed by atoms with Crippen molar-refractivity contribution in [2.24, 2.45) is 0 Å². The number of urea groups is 1. The molecule has 0 saturated carbocycles. The summed E-state index contributed by atoms with van der Waals surface area (Å²) < 4.78 is 56.4. The highest BCUT2D eigenvalue weighted by atomic mass is 19.4. The second-order valence-corrected chi connectivity index (χ2v) is 7.02. The normalized spacial score (nSPS) is 13.9. The average Bonchev–Trinajstić information content (AvgIpc) is 2.81. The molecular formula is C21H20F4N4O4. The van der Waals surface area contributed by atoms with Gasteiger partial charge in [-0.2, -0.15) is 13.2 Å². The van der Waals surface area contributed by atoms with Crippen molar-refractivity contribution in [2.75, 3.05) is 31.2 Å². The maximum Gasteiger partial charge on any atom is 0.472 e. The number of morpholine rings is 1. The van der Waals surface area contributed by atoms with E-state index < -0.39 is 29.8 Å². The van der Waals surface area contributed by atoms with Crippen molar-refractivity contribution in [2.45, 2.75) is 12.7 Å². The van der Waals surface area contributed by atoms with Crippen LogP contribution in [0.4, 0.5) is 28.0 Å². The summed E-state index contributed by atoms with van der Waals surface area (Å²) in [5.74, 6) is -3.86. The molecule has 0 bridgehead atoms. The van der Waals surface area contributed by atoms with Gasteiger partial charge in [-0.1, -0.05) is 24.3 Å². The maximum absolute atomic E-state index is 14.5. The Balaban J connectivity index is 1.73. The fourth-order valence-corrected chi connectivity index (χ4v) is 3.05. The summed E-state index contributed by atoms with van der Waals surface area (Å²) in [7, 11) is 0.